The topological polar surface area (TPSA) is 105 Å². The SMILES string of the molecule is Cc1cc2nccnc2cc1Nc1ncc2c(n1)N(c1cnn(CC(F)F)c1)CC(=O)N2C. The zero-order chi connectivity index (χ0) is 23.1. The molecule has 0 saturated heterocycles. The van der Waals surface area contributed by atoms with Gasteiger partial charge in [0.25, 0.3) is 6.43 Å². The van der Waals surface area contributed by atoms with Crippen LogP contribution in [0.15, 0.2) is 43.1 Å². The van der Waals surface area contributed by atoms with E-state index in [1.54, 1.807) is 30.5 Å². The van der Waals surface area contributed by atoms with Crippen LogP contribution in [0, 0.1) is 6.92 Å². The van der Waals surface area contributed by atoms with E-state index >= 15 is 0 Å². The van der Waals surface area contributed by atoms with Crippen LogP contribution < -0.4 is 15.1 Å². The second kappa shape index (κ2) is 8.04. The molecule has 1 aliphatic rings. The molecule has 3 aromatic heterocycles. The van der Waals surface area contributed by atoms with E-state index in [4.69, 9.17) is 0 Å². The first-order valence-electron chi connectivity index (χ1n) is 10.1. The van der Waals surface area contributed by atoms with Gasteiger partial charge in [-0.3, -0.25) is 19.4 Å². The molecule has 5 rings (SSSR count). The van der Waals surface area contributed by atoms with Crippen LogP contribution in [-0.2, 0) is 11.3 Å². The van der Waals surface area contributed by atoms with Crippen molar-refractivity contribution in [1.29, 1.82) is 0 Å². The highest BCUT2D eigenvalue weighted by molar-refractivity contribution is 6.03. The van der Waals surface area contributed by atoms with Gasteiger partial charge in [-0.05, 0) is 24.6 Å². The number of rotatable bonds is 5. The van der Waals surface area contributed by atoms with Crippen molar-refractivity contribution in [3.8, 4) is 0 Å². The molecular weight excluding hydrogens is 432 g/mol. The molecule has 1 N–H and O–H groups in total. The summed E-state index contributed by atoms with van der Waals surface area (Å²) in [7, 11) is 1.64. The highest BCUT2D eigenvalue weighted by Crippen LogP contribution is 2.36. The molecule has 0 saturated carbocycles. The van der Waals surface area contributed by atoms with Crippen LogP contribution in [0.25, 0.3) is 11.0 Å². The van der Waals surface area contributed by atoms with Crippen molar-refractivity contribution in [3.63, 3.8) is 0 Å². The number of hydrogen-bond acceptors (Lipinski definition) is 8. The van der Waals surface area contributed by atoms with Crippen LogP contribution >= 0.6 is 0 Å². The number of aryl methyl sites for hydroxylation is 1. The van der Waals surface area contributed by atoms with Crippen molar-refractivity contribution in [2.75, 3.05) is 28.7 Å². The van der Waals surface area contributed by atoms with Gasteiger partial charge >= 0.3 is 0 Å². The molecule has 10 nitrogen and oxygen atoms in total. The lowest BCUT2D eigenvalue weighted by atomic mass is 10.1. The lowest BCUT2D eigenvalue weighted by Crippen LogP contribution is -2.42. The van der Waals surface area contributed by atoms with Gasteiger partial charge in [0.15, 0.2) is 5.82 Å². The van der Waals surface area contributed by atoms with Gasteiger partial charge in [-0.25, -0.2) is 13.8 Å². The average molecular weight is 451 g/mol. The number of alkyl halides is 2. The zero-order valence-electron chi connectivity index (χ0n) is 17.8. The molecule has 0 aliphatic carbocycles. The van der Waals surface area contributed by atoms with E-state index in [9.17, 15) is 13.6 Å². The van der Waals surface area contributed by atoms with Crippen LogP contribution in [0.5, 0.6) is 0 Å². The number of hydrogen-bond donors (Lipinski definition) is 1. The summed E-state index contributed by atoms with van der Waals surface area (Å²) in [4.78, 5) is 33.3. The summed E-state index contributed by atoms with van der Waals surface area (Å²) in [5.41, 5.74) is 4.18. The summed E-state index contributed by atoms with van der Waals surface area (Å²) in [6.07, 6.45) is 5.18. The summed E-state index contributed by atoms with van der Waals surface area (Å²) < 4.78 is 26.6. The number of carbonyl (C=O) groups excluding carboxylic acids is 1. The largest absolute Gasteiger partial charge is 0.324 e. The Labute approximate surface area is 186 Å². The third-order valence-electron chi connectivity index (χ3n) is 5.35. The Bertz CT molecular complexity index is 1360. The predicted octanol–water partition coefficient (Wildman–Crippen LogP) is 3.05. The van der Waals surface area contributed by atoms with Crippen LogP contribution in [0.3, 0.4) is 0 Å². The number of halogens is 2. The lowest BCUT2D eigenvalue weighted by Gasteiger charge is -2.33. The summed E-state index contributed by atoms with van der Waals surface area (Å²) in [6, 6.07) is 3.78. The maximum absolute atomic E-state index is 12.7. The Hall–Kier alpha value is -4.22. The molecule has 0 bridgehead atoms. The minimum Gasteiger partial charge on any atom is -0.324 e. The molecule has 4 heterocycles. The van der Waals surface area contributed by atoms with Crippen LogP contribution in [-0.4, -0.2) is 55.6 Å². The molecular formula is C21H19F2N9O. The van der Waals surface area contributed by atoms with E-state index in [2.05, 4.69) is 30.4 Å². The highest BCUT2D eigenvalue weighted by Gasteiger charge is 2.31. The van der Waals surface area contributed by atoms with Crippen molar-refractivity contribution in [1.82, 2.24) is 29.7 Å². The zero-order valence-corrected chi connectivity index (χ0v) is 17.8. The minimum atomic E-state index is -2.54. The van der Waals surface area contributed by atoms with Crippen molar-refractivity contribution < 1.29 is 13.6 Å². The monoisotopic (exact) mass is 451 g/mol. The molecule has 1 aromatic carbocycles. The molecule has 1 aliphatic heterocycles. The predicted molar refractivity (Wildman–Crippen MR) is 118 cm³/mol. The van der Waals surface area contributed by atoms with Gasteiger partial charge in [0.1, 0.15) is 18.8 Å². The van der Waals surface area contributed by atoms with Crippen LogP contribution in [0.4, 0.5) is 37.6 Å². The molecule has 1 amide bonds. The second-order valence-electron chi connectivity index (χ2n) is 7.59. The number of aromatic nitrogens is 6. The van der Waals surface area contributed by atoms with Gasteiger partial charge in [0, 0.05) is 31.3 Å². The first kappa shape index (κ1) is 20.7. The molecule has 0 spiro atoms. The Kier molecular flexibility index (Phi) is 5.04. The lowest BCUT2D eigenvalue weighted by molar-refractivity contribution is -0.117. The van der Waals surface area contributed by atoms with Gasteiger partial charge in [0.05, 0.1) is 29.1 Å². The standard InChI is InChI=1S/C21H19F2N9O/c1-12-5-15-16(25-4-3-24-15)6-14(12)28-21-26-8-17-20(29-21)32(11-19(33)30(17)2)13-7-27-31(9-13)10-18(22)23/h3-9,18H,10-11H2,1-2H3,(H,26,28,29). The van der Waals surface area contributed by atoms with Crippen LogP contribution in [0.2, 0.25) is 0 Å². The van der Waals surface area contributed by atoms with Crippen molar-refractivity contribution >= 4 is 45.8 Å². The molecule has 4 aromatic rings. The molecule has 168 valence electrons. The maximum Gasteiger partial charge on any atom is 0.257 e. The second-order valence-corrected chi connectivity index (χ2v) is 7.59. The summed E-state index contributed by atoms with van der Waals surface area (Å²) >= 11 is 0. The molecule has 12 heteroatoms. The number of anilines is 5. The summed E-state index contributed by atoms with van der Waals surface area (Å²) in [6.45, 7) is 1.39. The summed E-state index contributed by atoms with van der Waals surface area (Å²) in [5.74, 6) is 0.592. The summed E-state index contributed by atoms with van der Waals surface area (Å²) in [5, 5.41) is 7.18. The normalized spacial score (nSPS) is 13.7. The Morgan fingerprint density at radius 1 is 1.12 bits per heavy atom. The third-order valence-corrected chi connectivity index (χ3v) is 5.35. The first-order chi connectivity index (χ1) is 15.9. The van der Waals surface area contributed by atoms with Crippen molar-refractivity contribution in [3.05, 3.63) is 48.7 Å². The molecule has 33 heavy (non-hydrogen) atoms. The number of amides is 1. The van der Waals surface area contributed by atoms with E-state index in [0.29, 0.717) is 23.1 Å². The average Bonchev–Trinajstić information content (AvgIpc) is 3.24. The van der Waals surface area contributed by atoms with Crippen molar-refractivity contribution in [2.45, 2.75) is 19.9 Å². The fourth-order valence-corrected chi connectivity index (χ4v) is 3.63. The number of nitrogens with one attached hydrogen (secondary N) is 1. The Morgan fingerprint density at radius 3 is 2.64 bits per heavy atom. The van der Waals surface area contributed by atoms with Gasteiger partial charge in [-0.1, -0.05) is 0 Å². The Balaban J connectivity index is 1.51. The van der Waals surface area contributed by atoms with E-state index in [0.717, 1.165) is 27.0 Å². The Morgan fingerprint density at radius 2 is 1.88 bits per heavy atom. The van der Waals surface area contributed by atoms with Gasteiger partial charge in [0.2, 0.25) is 11.9 Å². The number of fused-ring (bicyclic) bond motifs is 2. The molecule has 0 fully saturated rings. The highest BCUT2D eigenvalue weighted by atomic mass is 19.3. The van der Waals surface area contributed by atoms with E-state index in [1.165, 1.54) is 17.3 Å². The fourth-order valence-electron chi connectivity index (χ4n) is 3.63. The third kappa shape index (κ3) is 3.90. The van der Waals surface area contributed by atoms with Crippen LogP contribution in [0.1, 0.15) is 5.56 Å². The van der Waals surface area contributed by atoms with E-state index in [-0.39, 0.29) is 12.5 Å². The van der Waals surface area contributed by atoms with Crippen molar-refractivity contribution in [2.24, 2.45) is 0 Å². The maximum atomic E-state index is 12.7. The minimum absolute atomic E-state index is 0.00901. The van der Waals surface area contributed by atoms with Gasteiger partial charge in [-0.2, -0.15) is 10.1 Å². The van der Waals surface area contributed by atoms with E-state index in [1.807, 2.05) is 19.1 Å². The number of likely N-dealkylation sites (N-methyl/N-ethyl adjacent to an activating group) is 1. The number of benzene rings is 1. The first-order valence-corrected chi connectivity index (χ1v) is 10.1. The number of carbonyl (C=O) groups is 1. The molecule has 0 radical (unpaired) electrons. The van der Waals surface area contributed by atoms with Gasteiger partial charge < -0.3 is 15.1 Å². The number of nitrogens with zero attached hydrogens (tertiary/aromatic N) is 8. The molecule has 0 unspecified atom stereocenters. The fraction of sp³-hybridized carbons (Fsp3) is 0.238. The van der Waals surface area contributed by atoms with E-state index < -0.39 is 13.0 Å². The molecule has 0 atom stereocenters. The quantitative estimate of drug-likeness (QED) is 0.494. The smallest absolute Gasteiger partial charge is 0.257 e. The van der Waals surface area contributed by atoms with Gasteiger partial charge in [-0.15, -0.1) is 0 Å².